The zero-order valence-corrected chi connectivity index (χ0v) is 8.43. The lowest BCUT2D eigenvalue weighted by Gasteiger charge is -2.22. The molecule has 0 atom stereocenters. The van der Waals surface area contributed by atoms with E-state index in [2.05, 4.69) is 6.07 Å². The SMILES string of the molecule is Fc1[c]c(OC2CCCCC2)ccc1F. The van der Waals surface area contributed by atoms with Gasteiger partial charge in [0.15, 0.2) is 11.6 Å². The molecule has 3 heteroatoms. The van der Waals surface area contributed by atoms with E-state index in [1.165, 1.54) is 12.5 Å². The third-order valence-corrected chi connectivity index (χ3v) is 2.67. The van der Waals surface area contributed by atoms with Crippen molar-refractivity contribution in [2.75, 3.05) is 0 Å². The Morgan fingerprint density at radius 1 is 1.13 bits per heavy atom. The number of hydrogen-bond acceptors (Lipinski definition) is 1. The molecule has 0 bridgehead atoms. The largest absolute Gasteiger partial charge is 0.490 e. The van der Waals surface area contributed by atoms with Crippen LogP contribution in [0.1, 0.15) is 32.1 Å². The molecule has 0 spiro atoms. The molecule has 1 aromatic carbocycles. The van der Waals surface area contributed by atoms with Crippen LogP contribution in [0.15, 0.2) is 12.1 Å². The Hall–Kier alpha value is -1.12. The van der Waals surface area contributed by atoms with Gasteiger partial charge in [-0.15, -0.1) is 0 Å². The van der Waals surface area contributed by atoms with Crippen LogP contribution in [0.4, 0.5) is 8.78 Å². The number of rotatable bonds is 2. The van der Waals surface area contributed by atoms with Crippen molar-refractivity contribution < 1.29 is 13.5 Å². The van der Waals surface area contributed by atoms with E-state index in [0.29, 0.717) is 5.75 Å². The Morgan fingerprint density at radius 3 is 2.53 bits per heavy atom. The minimum atomic E-state index is -0.969. The fourth-order valence-corrected chi connectivity index (χ4v) is 1.86. The molecule has 0 amide bonds. The summed E-state index contributed by atoms with van der Waals surface area (Å²) in [7, 11) is 0. The van der Waals surface area contributed by atoms with E-state index >= 15 is 0 Å². The third kappa shape index (κ3) is 2.67. The van der Waals surface area contributed by atoms with Crippen molar-refractivity contribution in [2.24, 2.45) is 0 Å². The van der Waals surface area contributed by atoms with Gasteiger partial charge in [0.25, 0.3) is 0 Å². The van der Waals surface area contributed by atoms with Gasteiger partial charge in [0, 0.05) is 0 Å². The van der Waals surface area contributed by atoms with E-state index < -0.39 is 11.6 Å². The maximum Gasteiger partial charge on any atom is 0.170 e. The highest BCUT2D eigenvalue weighted by Gasteiger charge is 2.15. The van der Waals surface area contributed by atoms with E-state index in [4.69, 9.17) is 4.74 Å². The van der Waals surface area contributed by atoms with Gasteiger partial charge in [0.2, 0.25) is 0 Å². The lowest BCUT2D eigenvalue weighted by molar-refractivity contribution is 0.154. The summed E-state index contributed by atoms with van der Waals surface area (Å²) in [5.74, 6) is -1.55. The maximum absolute atomic E-state index is 12.8. The van der Waals surface area contributed by atoms with Crippen LogP contribution in [-0.2, 0) is 0 Å². The van der Waals surface area contributed by atoms with Gasteiger partial charge in [-0.1, -0.05) is 6.42 Å². The Labute approximate surface area is 88.1 Å². The van der Waals surface area contributed by atoms with Crippen LogP contribution in [0.25, 0.3) is 0 Å². The van der Waals surface area contributed by atoms with Crippen LogP contribution in [0, 0.1) is 17.7 Å². The molecule has 1 fully saturated rings. The van der Waals surface area contributed by atoms with Crippen LogP contribution in [0.3, 0.4) is 0 Å². The first kappa shape index (κ1) is 10.4. The summed E-state index contributed by atoms with van der Waals surface area (Å²) in [5.41, 5.74) is 0. The normalized spacial score (nSPS) is 17.7. The maximum atomic E-state index is 12.8. The van der Waals surface area contributed by atoms with Crippen molar-refractivity contribution in [3.63, 3.8) is 0 Å². The second-order valence-corrected chi connectivity index (χ2v) is 3.86. The minimum absolute atomic E-state index is 0.139. The first-order valence-corrected chi connectivity index (χ1v) is 5.29. The van der Waals surface area contributed by atoms with Crippen molar-refractivity contribution in [2.45, 2.75) is 38.2 Å². The molecule has 1 nitrogen and oxygen atoms in total. The summed E-state index contributed by atoms with van der Waals surface area (Å²) in [6, 6.07) is 4.76. The zero-order chi connectivity index (χ0) is 10.7. The van der Waals surface area contributed by atoms with E-state index in [1.807, 2.05) is 0 Å². The molecule has 0 aromatic heterocycles. The molecule has 0 N–H and O–H groups in total. The standard InChI is InChI=1S/C12H13F2O/c13-11-7-6-10(8-12(11)14)15-9-4-2-1-3-5-9/h6-7,9H,1-5H2. The zero-order valence-electron chi connectivity index (χ0n) is 8.43. The molecule has 1 saturated carbocycles. The fourth-order valence-electron chi connectivity index (χ4n) is 1.86. The molecule has 0 heterocycles. The quantitative estimate of drug-likeness (QED) is 0.727. The molecule has 0 aliphatic heterocycles. The van der Waals surface area contributed by atoms with Gasteiger partial charge < -0.3 is 4.74 Å². The number of benzene rings is 1. The average Bonchev–Trinajstić information content (AvgIpc) is 2.25. The lowest BCUT2D eigenvalue weighted by Crippen LogP contribution is -2.19. The van der Waals surface area contributed by atoms with Crippen LogP contribution in [0.5, 0.6) is 5.75 Å². The summed E-state index contributed by atoms with van der Waals surface area (Å²) in [5, 5.41) is 0. The van der Waals surface area contributed by atoms with Gasteiger partial charge in [-0.05, 0) is 37.8 Å². The Bertz CT molecular complexity index is 332. The summed E-state index contributed by atoms with van der Waals surface area (Å²) in [6.07, 6.45) is 5.66. The Kier molecular flexibility index (Phi) is 3.19. The van der Waals surface area contributed by atoms with E-state index in [9.17, 15) is 8.78 Å². The minimum Gasteiger partial charge on any atom is -0.490 e. The second kappa shape index (κ2) is 4.60. The van der Waals surface area contributed by atoms with Crippen LogP contribution < -0.4 is 4.74 Å². The number of ether oxygens (including phenoxy) is 1. The summed E-state index contributed by atoms with van der Waals surface area (Å²) in [6.45, 7) is 0. The molecular formula is C12H13F2O. The first-order chi connectivity index (χ1) is 7.25. The molecule has 1 aliphatic carbocycles. The van der Waals surface area contributed by atoms with Gasteiger partial charge in [-0.25, -0.2) is 8.78 Å². The van der Waals surface area contributed by atoms with Crippen molar-refractivity contribution in [1.29, 1.82) is 0 Å². The molecule has 1 radical (unpaired) electrons. The smallest absolute Gasteiger partial charge is 0.170 e. The van der Waals surface area contributed by atoms with Crippen LogP contribution in [-0.4, -0.2) is 6.10 Å². The molecule has 1 aliphatic rings. The Morgan fingerprint density at radius 2 is 1.87 bits per heavy atom. The van der Waals surface area contributed by atoms with Gasteiger partial charge in [-0.2, -0.15) is 0 Å². The summed E-state index contributed by atoms with van der Waals surface area (Å²) in [4.78, 5) is 0. The van der Waals surface area contributed by atoms with E-state index in [0.717, 1.165) is 31.7 Å². The molecule has 0 unspecified atom stereocenters. The molecule has 2 rings (SSSR count). The van der Waals surface area contributed by atoms with Gasteiger partial charge in [0.1, 0.15) is 5.75 Å². The lowest BCUT2D eigenvalue weighted by atomic mass is 9.98. The van der Waals surface area contributed by atoms with Crippen molar-refractivity contribution in [3.05, 3.63) is 29.8 Å². The Balaban J connectivity index is 2.00. The number of halogens is 2. The monoisotopic (exact) mass is 211 g/mol. The average molecular weight is 211 g/mol. The van der Waals surface area contributed by atoms with Crippen molar-refractivity contribution in [1.82, 2.24) is 0 Å². The van der Waals surface area contributed by atoms with Gasteiger partial charge in [-0.3, -0.25) is 0 Å². The van der Waals surface area contributed by atoms with Crippen molar-refractivity contribution in [3.8, 4) is 5.75 Å². The molecule has 15 heavy (non-hydrogen) atoms. The van der Waals surface area contributed by atoms with Gasteiger partial charge >= 0.3 is 0 Å². The predicted molar refractivity (Wildman–Crippen MR) is 52.7 cm³/mol. The predicted octanol–water partition coefficient (Wildman–Crippen LogP) is 3.48. The molecule has 1 aromatic rings. The fraction of sp³-hybridized carbons (Fsp3) is 0.500. The molecule has 0 saturated heterocycles. The van der Waals surface area contributed by atoms with E-state index in [1.54, 1.807) is 0 Å². The highest BCUT2D eigenvalue weighted by molar-refractivity contribution is 5.22. The summed E-state index contributed by atoms with van der Waals surface area (Å²) >= 11 is 0. The molecule has 81 valence electrons. The van der Waals surface area contributed by atoms with Crippen molar-refractivity contribution >= 4 is 0 Å². The second-order valence-electron chi connectivity index (χ2n) is 3.86. The first-order valence-electron chi connectivity index (χ1n) is 5.29. The topological polar surface area (TPSA) is 9.23 Å². The van der Waals surface area contributed by atoms with Crippen LogP contribution >= 0.6 is 0 Å². The highest BCUT2D eigenvalue weighted by atomic mass is 19.2. The third-order valence-electron chi connectivity index (χ3n) is 2.67. The van der Waals surface area contributed by atoms with Crippen LogP contribution in [0.2, 0.25) is 0 Å². The van der Waals surface area contributed by atoms with E-state index in [-0.39, 0.29) is 6.10 Å². The van der Waals surface area contributed by atoms with Gasteiger partial charge in [0.05, 0.1) is 12.2 Å². The number of hydrogen-bond donors (Lipinski definition) is 0. The summed E-state index contributed by atoms with van der Waals surface area (Å²) < 4.78 is 31.0. The highest BCUT2D eigenvalue weighted by Crippen LogP contribution is 2.23. The molecular weight excluding hydrogens is 198 g/mol.